The van der Waals surface area contributed by atoms with Gasteiger partial charge in [-0.2, -0.15) is 0 Å². The third-order valence-corrected chi connectivity index (χ3v) is 20.3. The van der Waals surface area contributed by atoms with E-state index in [1.165, 1.54) is 149 Å². The van der Waals surface area contributed by atoms with Crippen LogP contribution in [0.15, 0.2) is 182 Å². The molecular weight excluding hydrogens is 949 g/mol. The van der Waals surface area contributed by atoms with Gasteiger partial charge < -0.3 is 9.80 Å². The number of aryl methyl sites for hydroxylation is 2. The van der Waals surface area contributed by atoms with Gasteiger partial charge in [-0.1, -0.05) is 113 Å². The highest BCUT2D eigenvalue weighted by Crippen LogP contribution is 2.58. The summed E-state index contributed by atoms with van der Waals surface area (Å²) in [7, 11) is 0. The Morgan fingerprint density at radius 3 is 1.15 bits per heavy atom. The second-order valence-corrected chi connectivity index (χ2v) is 25.7. The zero-order valence-electron chi connectivity index (χ0n) is 40.8. The lowest BCUT2D eigenvalue weighted by molar-refractivity contribution is 0.633. The summed E-state index contributed by atoms with van der Waals surface area (Å²) in [6.07, 6.45) is 0. The molecule has 0 saturated heterocycles. The molecule has 0 atom stereocenters. The van der Waals surface area contributed by atoms with Crippen molar-refractivity contribution in [3.05, 3.63) is 214 Å². The predicted molar refractivity (Wildman–Crippen MR) is 317 cm³/mol. The van der Waals surface area contributed by atoms with Gasteiger partial charge in [0.25, 0.3) is 0 Å². The molecule has 0 bridgehead atoms. The van der Waals surface area contributed by atoms with E-state index >= 15 is 0 Å². The third kappa shape index (κ3) is 5.98. The van der Waals surface area contributed by atoms with E-state index in [0.717, 1.165) is 0 Å². The van der Waals surface area contributed by atoms with Crippen LogP contribution in [0.2, 0.25) is 0 Å². The van der Waals surface area contributed by atoms with Gasteiger partial charge in [0.1, 0.15) is 0 Å². The lowest BCUT2D eigenvalue weighted by Crippen LogP contribution is -2.30. The van der Waals surface area contributed by atoms with Crippen LogP contribution in [0.1, 0.15) is 59.7 Å². The van der Waals surface area contributed by atoms with Crippen LogP contribution < -0.4 is 9.80 Å². The maximum atomic E-state index is 2.56. The Kier molecular flexibility index (Phi) is 9.02. The highest BCUT2D eigenvalue weighted by molar-refractivity contribution is 7.26. The minimum absolute atomic E-state index is 0.205. The second-order valence-electron chi connectivity index (χ2n) is 20.9. The molecule has 0 spiro atoms. The standard InChI is InChI=1S/C66H48N2S4/c1-37-23-29-59(69-37)63-43-27-25-40(68-54-20-12-10-18-50(54)66(5,6)52-34-46-42-16-8-14-22-58(42)72-62(46)36-56(52)68)32-48(43)64(60-30-24-38(2)70-60)44-28-26-39(31-47(44)63)67-53-19-11-9-17-49(53)65(3,4)51-33-45-41-15-7-13-21-57(41)71-61(45)35-55(51)67/h7-36H,1-6H3. The van der Waals surface area contributed by atoms with Crippen LogP contribution in [0.4, 0.5) is 34.1 Å². The maximum Gasteiger partial charge on any atom is 0.0517 e. The molecule has 6 heterocycles. The van der Waals surface area contributed by atoms with Crippen LogP contribution in [-0.4, -0.2) is 0 Å². The molecule has 0 unspecified atom stereocenters. The van der Waals surface area contributed by atoms with Crippen LogP contribution in [0.3, 0.4) is 0 Å². The fourth-order valence-corrected chi connectivity index (χ4v) is 16.7. The topological polar surface area (TPSA) is 6.48 Å². The van der Waals surface area contributed by atoms with E-state index in [1.807, 2.05) is 45.3 Å². The fourth-order valence-electron chi connectivity index (χ4n) is 12.5. The van der Waals surface area contributed by atoms with Gasteiger partial charge in [-0.3, -0.25) is 0 Å². The zero-order chi connectivity index (χ0) is 48.4. The molecule has 0 radical (unpaired) electrons. The summed E-state index contributed by atoms with van der Waals surface area (Å²) in [6.45, 7) is 14.1. The number of benzene rings is 9. The number of thiophene rings is 4. The van der Waals surface area contributed by atoms with Crippen molar-refractivity contribution >= 4 is 141 Å². The van der Waals surface area contributed by atoms with Crippen LogP contribution in [0, 0.1) is 13.8 Å². The smallest absolute Gasteiger partial charge is 0.0517 e. The molecule has 6 heteroatoms. The molecule has 0 saturated carbocycles. The lowest BCUT2D eigenvalue weighted by Gasteiger charge is -2.42. The van der Waals surface area contributed by atoms with Gasteiger partial charge in [0.15, 0.2) is 0 Å². The molecule has 0 amide bonds. The molecule has 2 aliphatic heterocycles. The summed E-state index contributed by atoms with van der Waals surface area (Å²) in [5.41, 5.74) is 14.9. The fraction of sp³-hybridized carbons (Fsp3) is 0.121. The Labute approximate surface area is 435 Å². The monoisotopic (exact) mass is 996 g/mol. The van der Waals surface area contributed by atoms with Gasteiger partial charge >= 0.3 is 0 Å². The van der Waals surface area contributed by atoms with E-state index in [0.29, 0.717) is 0 Å². The number of para-hydroxylation sites is 2. The predicted octanol–water partition coefficient (Wildman–Crippen LogP) is 21.0. The first kappa shape index (κ1) is 42.6. The quantitative estimate of drug-likeness (QED) is 0.162. The molecule has 72 heavy (non-hydrogen) atoms. The van der Waals surface area contributed by atoms with Crippen molar-refractivity contribution < 1.29 is 0 Å². The van der Waals surface area contributed by atoms with Gasteiger partial charge in [0.2, 0.25) is 0 Å². The Balaban J connectivity index is 1.01. The number of hydrogen-bond acceptors (Lipinski definition) is 6. The summed E-state index contributed by atoms with van der Waals surface area (Å²) < 4.78 is 5.29. The molecule has 0 N–H and O–H groups in total. The van der Waals surface area contributed by atoms with Crippen LogP contribution in [0.5, 0.6) is 0 Å². The minimum Gasteiger partial charge on any atom is -0.310 e. The summed E-state index contributed by atoms with van der Waals surface area (Å²) in [5.74, 6) is 0. The van der Waals surface area contributed by atoms with Gasteiger partial charge in [-0.05, 0) is 155 Å². The Bertz CT molecular complexity index is 4170. The van der Waals surface area contributed by atoms with Crippen molar-refractivity contribution in [2.45, 2.75) is 52.4 Å². The Hall–Kier alpha value is -7.06. The Morgan fingerprint density at radius 1 is 0.306 bits per heavy atom. The molecule has 346 valence electrons. The minimum atomic E-state index is -0.205. The highest BCUT2D eigenvalue weighted by atomic mass is 32.1. The van der Waals surface area contributed by atoms with Gasteiger partial charge in [0.05, 0.1) is 22.7 Å². The molecule has 0 aliphatic carbocycles. The summed E-state index contributed by atoms with van der Waals surface area (Å²) in [5, 5.41) is 10.4. The number of nitrogens with zero attached hydrogens (tertiary/aromatic N) is 2. The van der Waals surface area contributed by atoms with Crippen molar-refractivity contribution in [3.63, 3.8) is 0 Å². The molecule has 4 aromatic heterocycles. The largest absolute Gasteiger partial charge is 0.310 e. The number of fused-ring (bicyclic) bond motifs is 12. The average Bonchev–Trinajstić information content (AvgIpc) is 4.20. The highest BCUT2D eigenvalue weighted by Gasteiger charge is 2.40. The van der Waals surface area contributed by atoms with E-state index in [9.17, 15) is 0 Å². The van der Waals surface area contributed by atoms with Gasteiger partial charge in [-0.15, -0.1) is 45.3 Å². The van der Waals surface area contributed by atoms with Crippen molar-refractivity contribution in [3.8, 4) is 20.9 Å². The molecular formula is C66H48N2S4. The summed E-state index contributed by atoms with van der Waals surface area (Å²) in [4.78, 5) is 10.3. The lowest BCUT2D eigenvalue weighted by atomic mass is 9.73. The first-order valence-electron chi connectivity index (χ1n) is 24.9. The number of hydrogen-bond donors (Lipinski definition) is 0. The maximum absolute atomic E-state index is 2.56. The average molecular weight is 997 g/mol. The van der Waals surface area contributed by atoms with Crippen molar-refractivity contribution in [1.82, 2.24) is 0 Å². The number of rotatable bonds is 4. The van der Waals surface area contributed by atoms with Crippen molar-refractivity contribution in [2.75, 3.05) is 9.80 Å². The third-order valence-electron chi connectivity index (χ3n) is 16.0. The first-order chi connectivity index (χ1) is 35.0. The van der Waals surface area contributed by atoms with E-state index in [-0.39, 0.29) is 10.8 Å². The molecule has 2 aliphatic rings. The molecule has 15 rings (SSSR count). The zero-order valence-corrected chi connectivity index (χ0v) is 44.1. The van der Waals surface area contributed by atoms with Crippen LogP contribution in [0.25, 0.3) is 82.8 Å². The van der Waals surface area contributed by atoms with Crippen LogP contribution >= 0.6 is 45.3 Å². The van der Waals surface area contributed by atoms with E-state index in [2.05, 4.69) is 233 Å². The second kappa shape index (κ2) is 15.2. The molecule has 13 aromatic rings. The Morgan fingerprint density at radius 2 is 0.722 bits per heavy atom. The SMILES string of the molecule is Cc1ccc(-c2c3ccc(N4c5ccccc5C(C)(C)c5cc6c(cc54)sc4ccccc46)cc3c(-c3ccc(C)s3)c3ccc(N4c5ccccc5C(C)(C)c5cc6c(cc54)sc4ccccc46)cc23)s1. The molecule has 2 nitrogen and oxygen atoms in total. The first-order valence-corrected chi connectivity index (χ1v) is 28.2. The summed E-state index contributed by atoms with van der Waals surface area (Å²) >= 11 is 7.59. The van der Waals surface area contributed by atoms with Gasteiger partial charge in [-0.25, -0.2) is 0 Å². The normalized spacial score (nSPS) is 14.7. The van der Waals surface area contributed by atoms with E-state index in [4.69, 9.17) is 0 Å². The van der Waals surface area contributed by atoms with Crippen molar-refractivity contribution in [2.24, 2.45) is 0 Å². The molecule has 9 aromatic carbocycles. The van der Waals surface area contributed by atoms with Gasteiger partial charge in [0, 0.05) is 93.2 Å². The van der Waals surface area contributed by atoms with Crippen LogP contribution in [-0.2, 0) is 10.8 Å². The van der Waals surface area contributed by atoms with E-state index in [1.54, 1.807) is 0 Å². The number of anilines is 6. The molecule has 0 fully saturated rings. The van der Waals surface area contributed by atoms with E-state index < -0.39 is 0 Å². The van der Waals surface area contributed by atoms with Crippen molar-refractivity contribution in [1.29, 1.82) is 0 Å². The summed E-state index contributed by atoms with van der Waals surface area (Å²) in [6, 6.07) is 69.9.